The van der Waals surface area contributed by atoms with Gasteiger partial charge >= 0.3 is 0 Å². The molecule has 5 nitrogen and oxygen atoms in total. The highest BCUT2D eigenvalue weighted by Gasteiger charge is 2.10. The molecule has 0 aliphatic heterocycles. The fraction of sp³-hybridized carbons (Fsp3) is 0.118. The number of aromatic nitrogens is 2. The number of halogens is 2. The smallest absolute Gasteiger partial charge is 0.230 e. The van der Waals surface area contributed by atoms with E-state index in [2.05, 4.69) is 20.8 Å². The first-order chi connectivity index (χ1) is 12.6. The van der Waals surface area contributed by atoms with Crippen LogP contribution in [0.2, 0.25) is 5.02 Å². The summed E-state index contributed by atoms with van der Waals surface area (Å²) in [7, 11) is 0. The van der Waals surface area contributed by atoms with Gasteiger partial charge in [-0.25, -0.2) is 4.39 Å². The van der Waals surface area contributed by atoms with Crippen molar-refractivity contribution in [1.29, 1.82) is 0 Å². The maximum atomic E-state index is 13.6. The molecule has 0 fully saturated rings. The van der Waals surface area contributed by atoms with Gasteiger partial charge in [-0.2, -0.15) is 0 Å². The van der Waals surface area contributed by atoms with Crippen molar-refractivity contribution in [3.63, 3.8) is 0 Å². The number of nitrogens with zero attached hydrogens (tertiary/aromatic N) is 2. The van der Waals surface area contributed by atoms with Crippen LogP contribution < -0.4 is 10.6 Å². The lowest BCUT2D eigenvalue weighted by atomic mass is 10.2. The Kier molecular flexibility index (Phi) is 6.43. The number of amides is 1. The molecule has 0 radical (unpaired) electrons. The Hall–Kier alpha value is -2.16. The van der Waals surface area contributed by atoms with Crippen molar-refractivity contribution in [3.05, 3.63) is 64.9 Å². The minimum absolute atomic E-state index is 0.117. The van der Waals surface area contributed by atoms with Gasteiger partial charge in [0.15, 0.2) is 4.34 Å². The van der Waals surface area contributed by atoms with Crippen LogP contribution >= 0.6 is 34.7 Å². The highest BCUT2D eigenvalue weighted by molar-refractivity contribution is 8.01. The third kappa shape index (κ3) is 5.42. The number of para-hydroxylation sites is 1. The first-order valence-electron chi connectivity index (χ1n) is 7.59. The van der Waals surface area contributed by atoms with Gasteiger partial charge in [0.25, 0.3) is 0 Å². The van der Waals surface area contributed by atoms with E-state index in [4.69, 9.17) is 11.6 Å². The molecule has 1 amide bonds. The van der Waals surface area contributed by atoms with Gasteiger partial charge in [-0.05, 0) is 29.8 Å². The average molecular weight is 409 g/mol. The minimum Gasteiger partial charge on any atom is -0.351 e. The van der Waals surface area contributed by atoms with Crippen molar-refractivity contribution in [2.45, 2.75) is 10.9 Å². The predicted octanol–water partition coefficient (Wildman–Crippen LogP) is 4.48. The number of carbonyl (C=O) groups excluding carboxylic acids is 1. The predicted molar refractivity (Wildman–Crippen MR) is 104 cm³/mol. The Labute approximate surface area is 163 Å². The van der Waals surface area contributed by atoms with Gasteiger partial charge in [-0.3, -0.25) is 4.79 Å². The normalized spacial score (nSPS) is 10.5. The van der Waals surface area contributed by atoms with E-state index in [0.29, 0.717) is 26.7 Å². The number of benzene rings is 2. The molecule has 134 valence electrons. The fourth-order valence-electron chi connectivity index (χ4n) is 2.02. The maximum Gasteiger partial charge on any atom is 0.230 e. The molecule has 0 aliphatic rings. The molecular formula is C17H14ClFN4OS2. The second-order valence-electron chi connectivity index (χ2n) is 5.17. The quantitative estimate of drug-likeness (QED) is 0.564. The molecule has 0 saturated carbocycles. The largest absolute Gasteiger partial charge is 0.351 e. The first kappa shape index (κ1) is 18.6. The zero-order chi connectivity index (χ0) is 18.4. The summed E-state index contributed by atoms with van der Waals surface area (Å²) in [6.45, 7) is 0.413. The van der Waals surface area contributed by atoms with Crippen LogP contribution in [0.1, 0.15) is 5.56 Å². The second-order valence-corrected chi connectivity index (χ2v) is 7.81. The summed E-state index contributed by atoms with van der Waals surface area (Å²) in [6.07, 6.45) is 0. The molecule has 2 aromatic carbocycles. The Morgan fingerprint density at radius 1 is 1.19 bits per heavy atom. The minimum atomic E-state index is -0.364. The number of rotatable bonds is 7. The van der Waals surface area contributed by atoms with Crippen molar-refractivity contribution >= 4 is 51.4 Å². The van der Waals surface area contributed by atoms with Gasteiger partial charge in [0, 0.05) is 11.6 Å². The zero-order valence-corrected chi connectivity index (χ0v) is 15.8. The molecule has 2 N–H and O–H groups in total. The average Bonchev–Trinajstić information content (AvgIpc) is 3.08. The van der Waals surface area contributed by atoms with Crippen LogP contribution in [0, 0.1) is 5.82 Å². The van der Waals surface area contributed by atoms with E-state index in [1.165, 1.54) is 29.2 Å². The maximum absolute atomic E-state index is 13.6. The summed E-state index contributed by atoms with van der Waals surface area (Å²) in [5.41, 5.74) is 1.27. The monoisotopic (exact) mass is 408 g/mol. The lowest BCUT2D eigenvalue weighted by Gasteiger charge is -2.04. The molecule has 1 aromatic heterocycles. The van der Waals surface area contributed by atoms with Crippen molar-refractivity contribution in [3.8, 4) is 0 Å². The molecule has 1 heterocycles. The van der Waals surface area contributed by atoms with E-state index in [9.17, 15) is 9.18 Å². The number of hydrogen-bond acceptors (Lipinski definition) is 6. The lowest BCUT2D eigenvalue weighted by molar-refractivity contribution is -0.118. The van der Waals surface area contributed by atoms with Gasteiger partial charge in [0.1, 0.15) is 5.82 Å². The molecule has 3 aromatic rings. The Balaban J connectivity index is 1.47. The van der Waals surface area contributed by atoms with E-state index >= 15 is 0 Å². The van der Waals surface area contributed by atoms with Crippen LogP contribution in [0.4, 0.5) is 15.2 Å². The molecule has 0 spiro atoms. The van der Waals surface area contributed by atoms with Crippen LogP contribution in [0.15, 0.2) is 52.9 Å². The van der Waals surface area contributed by atoms with E-state index < -0.39 is 0 Å². The summed E-state index contributed by atoms with van der Waals surface area (Å²) in [5.74, 6) is -0.263. The molecule has 0 unspecified atom stereocenters. The number of nitrogens with one attached hydrogen (secondary N) is 2. The van der Waals surface area contributed by atoms with Gasteiger partial charge in [-0.15, -0.1) is 10.2 Å². The van der Waals surface area contributed by atoms with Crippen LogP contribution in [-0.4, -0.2) is 21.9 Å². The number of hydrogen-bond donors (Lipinski definition) is 2. The standard InChI is InChI=1S/C17H14ClFN4OS2/c18-12-5-3-4-11(8-12)9-20-15(24)10-25-17-23-22-16(26-17)21-14-7-2-1-6-13(14)19/h1-8H,9-10H2,(H,20,24)(H,21,22). The molecule has 0 aliphatic carbocycles. The van der Waals surface area contributed by atoms with E-state index in [0.717, 1.165) is 5.56 Å². The van der Waals surface area contributed by atoms with Crippen molar-refractivity contribution in [2.75, 3.05) is 11.1 Å². The van der Waals surface area contributed by atoms with Crippen molar-refractivity contribution in [1.82, 2.24) is 15.5 Å². The molecule has 0 bridgehead atoms. The summed E-state index contributed by atoms with van der Waals surface area (Å²) in [5, 5.41) is 14.8. The van der Waals surface area contributed by atoms with Crippen LogP contribution in [0.5, 0.6) is 0 Å². The second kappa shape index (κ2) is 8.98. The zero-order valence-electron chi connectivity index (χ0n) is 13.4. The van der Waals surface area contributed by atoms with Gasteiger partial charge in [0.2, 0.25) is 11.0 Å². The molecule has 3 rings (SSSR count). The summed E-state index contributed by atoms with van der Waals surface area (Å²) >= 11 is 8.45. The SMILES string of the molecule is O=C(CSc1nnc(Nc2ccccc2F)s1)NCc1cccc(Cl)c1. The highest BCUT2D eigenvalue weighted by atomic mass is 35.5. The molecule has 26 heavy (non-hydrogen) atoms. The van der Waals surface area contributed by atoms with Crippen molar-refractivity contribution in [2.24, 2.45) is 0 Å². The summed E-state index contributed by atoms with van der Waals surface area (Å²) < 4.78 is 14.2. The molecule has 0 atom stereocenters. The molecule has 0 saturated heterocycles. The van der Waals surface area contributed by atoms with Crippen LogP contribution in [0.25, 0.3) is 0 Å². The Bertz CT molecular complexity index is 906. The van der Waals surface area contributed by atoms with Gasteiger partial charge in [-0.1, -0.05) is 59.0 Å². The topological polar surface area (TPSA) is 66.9 Å². The summed E-state index contributed by atoms with van der Waals surface area (Å²) in [6, 6.07) is 13.6. The highest BCUT2D eigenvalue weighted by Crippen LogP contribution is 2.28. The number of thioether (sulfide) groups is 1. The van der Waals surface area contributed by atoms with Crippen LogP contribution in [-0.2, 0) is 11.3 Å². The lowest BCUT2D eigenvalue weighted by Crippen LogP contribution is -2.24. The van der Waals surface area contributed by atoms with Gasteiger partial charge < -0.3 is 10.6 Å². The van der Waals surface area contributed by atoms with Gasteiger partial charge in [0.05, 0.1) is 11.4 Å². The number of anilines is 2. The van der Waals surface area contributed by atoms with E-state index in [-0.39, 0.29) is 17.5 Å². The Morgan fingerprint density at radius 2 is 2.04 bits per heavy atom. The third-order valence-electron chi connectivity index (χ3n) is 3.23. The van der Waals surface area contributed by atoms with Crippen molar-refractivity contribution < 1.29 is 9.18 Å². The molecule has 9 heteroatoms. The molecular weight excluding hydrogens is 395 g/mol. The van der Waals surface area contributed by atoms with Crippen LogP contribution in [0.3, 0.4) is 0 Å². The van der Waals surface area contributed by atoms with E-state index in [1.807, 2.05) is 12.1 Å². The van der Waals surface area contributed by atoms with E-state index in [1.54, 1.807) is 30.3 Å². The fourth-order valence-corrected chi connectivity index (χ4v) is 3.83. The third-order valence-corrected chi connectivity index (χ3v) is 5.43. The number of carbonyl (C=O) groups is 1. The first-order valence-corrected chi connectivity index (χ1v) is 9.77. The summed E-state index contributed by atoms with van der Waals surface area (Å²) in [4.78, 5) is 11.9. The Morgan fingerprint density at radius 3 is 2.85 bits per heavy atom.